The Balaban J connectivity index is 1.53. The summed E-state index contributed by atoms with van der Waals surface area (Å²) in [5, 5.41) is 0. The summed E-state index contributed by atoms with van der Waals surface area (Å²) < 4.78 is 5.19. The number of piperazine rings is 1. The molecule has 25 heavy (non-hydrogen) atoms. The zero-order valence-corrected chi connectivity index (χ0v) is 15.4. The first-order valence-electron chi connectivity index (χ1n) is 8.43. The molecule has 3 rings (SSSR count). The van der Waals surface area contributed by atoms with Crippen LogP contribution in [0.1, 0.15) is 31.8 Å². The molecule has 0 spiro atoms. The molecule has 1 aromatic carbocycles. The van der Waals surface area contributed by atoms with E-state index in [0.29, 0.717) is 9.75 Å². The maximum absolute atomic E-state index is 12.6. The van der Waals surface area contributed by atoms with Crippen molar-refractivity contribution in [2.24, 2.45) is 0 Å². The van der Waals surface area contributed by atoms with Crippen molar-refractivity contribution in [2.75, 3.05) is 33.3 Å². The molecule has 1 saturated heterocycles. The number of hydrogen-bond donors (Lipinski definition) is 1. The minimum atomic E-state index is 0.0119. The van der Waals surface area contributed by atoms with Gasteiger partial charge in [0.25, 0.3) is 5.91 Å². The highest BCUT2D eigenvalue weighted by Crippen LogP contribution is 2.19. The maximum Gasteiger partial charge on any atom is 0.264 e. The SMILES string of the molecule is COc1ccc(C[NH+]2CCN(C(=O)c3ccc(C(C)=O)s3)CC2)cc1. The van der Waals surface area contributed by atoms with E-state index < -0.39 is 0 Å². The number of methoxy groups -OCH3 is 1. The van der Waals surface area contributed by atoms with Gasteiger partial charge in [0.1, 0.15) is 12.3 Å². The number of thiophene rings is 1. The van der Waals surface area contributed by atoms with Crippen LogP contribution in [0.5, 0.6) is 5.75 Å². The third-order valence-corrected chi connectivity index (χ3v) is 5.71. The maximum atomic E-state index is 12.6. The number of carbonyl (C=O) groups is 2. The van der Waals surface area contributed by atoms with Crippen LogP contribution in [-0.2, 0) is 6.54 Å². The Morgan fingerprint density at radius 2 is 1.72 bits per heavy atom. The largest absolute Gasteiger partial charge is 0.497 e. The molecule has 1 amide bonds. The first-order valence-corrected chi connectivity index (χ1v) is 9.25. The Labute approximate surface area is 151 Å². The molecule has 0 radical (unpaired) electrons. The Morgan fingerprint density at radius 3 is 2.28 bits per heavy atom. The number of carbonyl (C=O) groups excluding carboxylic acids is 2. The number of nitrogens with zero attached hydrogens (tertiary/aromatic N) is 1. The molecule has 1 aliphatic heterocycles. The summed E-state index contributed by atoms with van der Waals surface area (Å²) in [6, 6.07) is 11.7. The number of ether oxygens (including phenoxy) is 1. The summed E-state index contributed by atoms with van der Waals surface area (Å²) in [6.07, 6.45) is 0. The lowest BCUT2D eigenvalue weighted by molar-refractivity contribution is -0.917. The van der Waals surface area contributed by atoms with E-state index in [1.54, 1.807) is 19.2 Å². The van der Waals surface area contributed by atoms with Gasteiger partial charge >= 0.3 is 0 Å². The van der Waals surface area contributed by atoms with Crippen molar-refractivity contribution in [1.29, 1.82) is 0 Å². The second-order valence-electron chi connectivity index (χ2n) is 6.29. The fourth-order valence-corrected chi connectivity index (χ4v) is 3.90. The number of quaternary nitrogens is 1. The van der Waals surface area contributed by atoms with Crippen molar-refractivity contribution in [3.63, 3.8) is 0 Å². The lowest BCUT2D eigenvalue weighted by Crippen LogP contribution is -3.13. The number of ketones is 1. The Bertz CT molecular complexity index is 746. The predicted molar refractivity (Wildman–Crippen MR) is 97.6 cm³/mol. The topological polar surface area (TPSA) is 51.1 Å². The number of hydrogen-bond acceptors (Lipinski definition) is 4. The van der Waals surface area contributed by atoms with Crippen molar-refractivity contribution in [2.45, 2.75) is 13.5 Å². The molecule has 0 unspecified atom stereocenters. The van der Waals surface area contributed by atoms with Crippen molar-refractivity contribution in [3.05, 3.63) is 51.7 Å². The Kier molecular flexibility index (Phi) is 5.50. The van der Waals surface area contributed by atoms with Gasteiger partial charge < -0.3 is 14.5 Å². The third-order valence-electron chi connectivity index (χ3n) is 4.53. The molecule has 6 heteroatoms. The highest BCUT2D eigenvalue weighted by Gasteiger charge is 2.25. The van der Waals surface area contributed by atoms with Crippen LogP contribution in [0.25, 0.3) is 0 Å². The lowest BCUT2D eigenvalue weighted by atomic mass is 10.2. The third kappa shape index (κ3) is 4.27. The Hall–Kier alpha value is -2.18. The fourth-order valence-electron chi connectivity index (χ4n) is 3.03. The molecule has 2 heterocycles. The molecule has 1 aromatic heterocycles. The van der Waals surface area contributed by atoms with E-state index in [9.17, 15) is 9.59 Å². The molecule has 2 aromatic rings. The number of rotatable bonds is 5. The summed E-state index contributed by atoms with van der Waals surface area (Å²) in [4.78, 5) is 28.6. The van der Waals surface area contributed by atoms with Gasteiger partial charge in [-0.3, -0.25) is 9.59 Å². The number of amides is 1. The average Bonchev–Trinajstić information content (AvgIpc) is 3.13. The van der Waals surface area contributed by atoms with E-state index >= 15 is 0 Å². The zero-order valence-electron chi connectivity index (χ0n) is 14.6. The molecule has 1 N–H and O–H groups in total. The molecule has 0 saturated carbocycles. The number of benzene rings is 1. The summed E-state index contributed by atoms with van der Waals surface area (Å²) in [5.74, 6) is 0.925. The second-order valence-corrected chi connectivity index (χ2v) is 7.37. The van der Waals surface area contributed by atoms with Crippen molar-refractivity contribution < 1.29 is 19.2 Å². The lowest BCUT2D eigenvalue weighted by Gasteiger charge is -2.32. The van der Waals surface area contributed by atoms with E-state index in [-0.39, 0.29) is 11.7 Å². The highest BCUT2D eigenvalue weighted by molar-refractivity contribution is 7.15. The number of nitrogens with one attached hydrogen (secondary N) is 1. The van der Waals surface area contributed by atoms with Crippen molar-refractivity contribution in [3.8, 4) is 5.75 Å². The number of Topliss-reactive ketones (excluding diaryl/α,β-unsaturated/α-hetero) is 1. The fraction of sp³-hybridized carbons (Fsp3) is 0.368. The van der Waals surface area contributed by atoms with Crippen molar-refractivity contribution >= 4 is 23.0 Å². The second kappa shape index (κ2) is 7.80. The summed E-state index contributed by atoms with van der Waals surface area (Å²) in [7, 11) is 1.67. The van der Waals surface area contributed by atoms with Crippen LogP contribution < -0.4 is 9.64 Å². The van der Waals surface area contributed by atoms with Gasteiger partial charge in [0.2, 0.25) is 0 Å². The minimum Gasteiger partial charge on any atom is -0.497 e. The van der Waals surface area contributed by atoms with Crippen molar-refractivity contribution in [1.82, 2.24) is 4.90 Å². The van der Waals surface area contributed by atoms with Crippen LogP contribution in [0.15, 0.2) is 36.4 Å². The minimum absolute atomic E-state index is 0.0119. The van der Waals surface area contributed by atoms with E-state index in [0.717, 1.165) is 38.5 Å². The van der Waals surface area contributed by atoms with Gasteiger partial charge in [-0.1, -0.05) is 0 Å². The zero-order chi connectivity index (χ0) is 17.8. The first kappa shape index (κ1) is 17.6. The smallest absolute Gasteiger partial charge is 0.264 e. The predicted octanol–water partition coefficient (Wildman–Crippen LogP) is 1.50. The monoisotopic (exact) mass is 359 g/mol. The molecule has 0 aliphatic carbocycles. The van der Waals surface area contributed by atoms with Gasteiger partial charge in [0.05, 0.1) is 43.0 Å². The van der Waals surface area contributed by atoms with Gasteiger partial charge in [-0.15, -0.1) is 11.3 Å². The normalized spacial score (nSPS) is 15.2. The van der Waals surface area contributed by atoms with E-state index in [2.05, 4.69) is 12.1 Å². The van der Waals surface area contributed by atoms with Crippen LogP contribution in [0.3, 0.4) is 0 Å². The standard InChI is InChI=1S/C19H22N2O3S/c1-14(22)17-7-8-18(25-17)19(23)21-11-9-20(10-12-21)13-15-3-5-16(24-2)6-4-15/h3-8H,9-13H2,1-2H3/p+1. The highest BCUT2D eigenvalue weighted by atomic mass is 32.1. The molecular formula is C19H23N2O3S+. The van der Waals surface area contributed by atoms with E-state index in [1.165, 1.54) is 28.7 Å². The van der Waals surface area contributed by atoms with Crippen LogP contribution in [0.2, 0.25) is 0 Å². The van der Waals surface area contributed by atoms with E-state index in [1.807, 2.05) is 17.0 Å². The first-order chi connectivity index (χ1) is 12.1. The summed E-state index contributed by atoms with van der Waals surface area (Å²) in [5.41, 5.74) is 1.28. The Morgan fingerprint density at radius 1 is 1.08 bits per heavy atom. The summed E-state index contributed by atoms with van der Waals surface area (Å²) >= 11 is 1.29. The molecule has 1 aliphatic rings. The molecule has 132 valence electrons. The van der Waals surface area contributed by atoms with Gasteiger partial charge in [-0.05, 0) is 43.3 Å². The van der Waals surface area contributed by atoms with Gasteiger partial charge in [-0.2, -0.15) is 0 Å². The molecule has 5 nitrogen and oxygen atoms in total. The molecule has 1 fully saturated rings. The van der Waals surface area contributed by atoms with Gasteiger partial charge in [0.15, 0.2) is 5.78 Å². The van der Waals surface area contributed by atoms with Gasteiger partial charge in [-0.25, -0.2) is 0 Å². The van der Waals surface area contributed by atoms with Crippen LogP contribution in [0, 0.1) is 0 Å². The van der Waals surface area contributed by atoms with Crippen LogP contribution >= 0.6 is 11.3 Å². The summed E-state index contributed by atoms with van der Waals surface area (Å²) in [6.45, 7) is 5.85. The average molecular weight is 359 g/mol. The van der Waals surface area contributed by atoms with Crippen LogP contribution in [-0.4, -0.2) is 49.9 Å². The molecular weight excluding hydrogens is 336 g/mol. The molecule has 0 atom stereocenters. The molecule has 0 bridgehead atoms. The van der Waals surface area contributed by atoms with Gasteiger partial charge in [0, 0.05) is 5.56 Å². The quantitative estimate of drug-likeness (QED) is 0.823. The van der Waals surface area contributed by atoms with E-state index in [4.69, 9.17) is 4.74 Å². The van der Waals surface area contributed by atoms with Crippen LogP contribution in [0.4, 0.5) is 0 Å².